The molecule has 28 heavy (non-hydrogen) atoms. The van der Waals surface area contributed by atoms with E-state index < -0.39 is 10.8 Å². The lowest BCUT2D eigenvalue weighted by Gasteiger charge is -2.28. The average molecular weight is 395 g/mol. The minimum absolute atomic E-state index is 0.580. The molecule has 2 aromatic carbocycles. The fourth-order valence-corrected chi connectivity index (χ4v) is 7.27. The van der Waals surface area contributed by atoms with E-state index in [1.807, 2.05) is 0 Å². The third-order valence-electron chi connectivity index (χ3n) is 6.99. The summed E-state index contributed by atoms with van der Waals surface area (Å²) < 4.78 is 14.0. The van der Waals surface area contributed by atoms with E-state index >= 15 is 0 Å². The predicted octanol–water partition coefficient (Wildman–Crippen LogP) is 7.57. The summed E-state index contributed by atoms with van der Waals surface area (Å²) in [5.74, 6) is 1.16. The molecule has 0 bridgehead atoms. The monoisotopic (exact) mass is 394 g/mol. The number of benzene rings is 2. The topological polar surface area (TPSA) is 17.1 Å². The normalized spacial score (nSPS) is 19.2. The van der Waals surface area contributed by atoms with Crippen LogP contribution in [0.3, 0.4) is 0 Å². The number of aryl methyl sites for hydroxylation is 2. The summed E-state index contributed by atoms with van der Waals surface area (Å²) in [7, 11) is -1.09. The molecule has 0 heterocycles. The molecule has 0 aliphatic heterocycles. The molecule has 0 spiro atoms. The van der Waals surface area contributed by atoms with Crippen LogP contribution in [0, 0.1) is 13.8 Å². The van der Waals surface area contributed by atoms with Gasteiger partial charge in [-0.1, -0.05) is 62.8 Å². The van der Waals surface area contributed by atoms with Crippen LogP contribution in [0.2, 0.25) is 0 Å². The predicted molar refractivity (Wildman–Crippen MR) is 119 cm³/mol. The van der Waals surface area contributed by atoms with Crippen molar-refractivity contribution in [1.82, 2.24) is 0 Å². The van der Waals surface area contributed by atoms with Crippen molar-refractivity contribution in [2.45, 2.75) is 99.7 Å². The Labute approximate surface area is 173 Å². The summed E-state index contributed by atoms with van der Waals surface area (Å²) in [6, 6.07) is 12.9. The Balaban J connectivity index is 1.77. The molecule has 1 nitrogen and oxygen atoms in total. The molecule has 0 aromatic heterocycles. The van der Waals surface area contributed by atoms with E-state index in [4.69, 9.17) is 0 Å². The van der Waals surface area contributed by atoms with Crippen molar-refractivity contribution in [3.05, 3.63) is 58.7 Å². The van der Waals surface area contributed by atoms with Gasteiger partial charge in [-0.15, -0.1) is 0 Å². The molecule has 0 unspecified atom stereocenters. The van der Waals surface area contributed by atoms with Gasteiger partial charge in [-0.3, -0.25) is 0 Å². The molecular formula is C26H34OS. The van der Waals surface area contributed by atoms with Gasteiger partial charge in [0.2, 0.25) is 0 Å². The van der Waals surface area contributed by atoms with Crippen LogP contribution >= 0.6 is 0 Å². The summed E-state index contributed by atoms with van der Waals surface area (Å²) >= 11 is 0. The molecule has 0 saturated heterocycles. The van der Waals surface area contributed by atoms with Gasteiger partial charge >= 0.3 is 0 Å². The summed E-state index contributed by atoms with van der Waals surface area (Å²) in [6.07, 6.45) is 12.9. The Kier molecular flexibility index (Phi) is 6.35. The van der Waals surface area contributed by atoms with E-state index in [9.17, 15) is 4.21 Å². The Morgan fingerprint density at radius 1 is 0.643 bits per heavy atom. The van der Waals surface area contributed by atoms with Gasteiger partial charge in [0.25, 0.3) is 0 Å². The fraction of sp³-hybridized carbons (Fsp3) is 0.538. The van der Waals surface area contributed by atoms with Crippen molar-refractivity contribution in [2.24, 2.45) is 0 Å². The Bertz CT molecular complexity index is 772. The average Bonchev–Trinajstić information content (AvgIpc) is 2.74. The summed E-state index contributed by atoms with van der Waals surface area (Å²) in [5.41, 5.74) is 5.42. The van der Waals surface area contributed by atoms with Crippen molar-refractivity contribution >= 4 is 10.8 Å². The lowest BCUT2D eigenvalue weighted by Crippen LogP contribution is -2.13. The van der Waals surface area contributed by atoms with Gasteiger partial charge in [-0.25, -0.2) is 4.21 Å². The smallest absolute Gasteiger partial charge is 0.0855 e. The van der Waals surface area contributed by atoms with E-state index in [1.165, 1.54) is 86.5 Å². The van der Waals surface area contributed by atoms with Gasteiger partial charge in [0.15, 0.2) is 0 Å². The van der Waals surface area contributed by atoms with Crippen LogP contribution in [0.25, 0.3) is 0 Å². The molecular weight excluding hydrogens is 360 g/mol. The Hall–Kier alpha value is -1.41. The highest BCUT2D eigenvalue weighted by atomic mass is 32.2. The molecule has 2 saturated carbocycles. The molecule has 2 fully saturated rings. The quantitative estimate of drug-likeness (QED) is 0.522. The van der Waals surface area contributed by atoms with Gasteiger partial charge < -0.3 is 0 Å². The van der Waals surface area contributed by atoms with Crippen LogP contribution in [0.15, 0.2) is 46.2 Å². The maximum Gasteiger partial charge on any atom is 0.0855 e. The highest BCUT2D eigenvalue weighted by molar-refractivity contribution is 7.85. The van der Waals surface area contributed by atoms with Gasteiger partial charge in [0.05, 0.1) is 10.8 Å². The number of hydrogen-bond donors (Lipinski definition) is 0. The van der Waals surface area contributed by atoms with Crippen LogP contribution in [-0.2, 0) is 10.8 Å². The second-order valence-corrected chi connectivity index (χ2v) is 10.3. The van der Waals surface area contributed by atoms with E-state index in [1.54, 1.807) is 0 Å². The first-order chi connectivity index (χ1) is 13.7. The first-order valence-electron chi connectivity index (χ1n) is 11.3. The zero-order valence-corrected chi connectivity index (χ0v) is 18.3. The maximum atomic E-state index is 14.0. The van der Waals surface area contributed by atoms with Crippen molar-refractivity contribution in [3.8, 4) is 0 Å². The molecule has 0 atom stereocenters. The van der Waals surface area contributed by atoms with Crippen LogP contribution in [0.5, 0.6) is 0 Å². The summed E-state index contributed by atoms with van der Waals surface area (Å²) in [6.45, 7) is 4.42. The molecule has 0 amide bonds. The number of rotatable bonds is 4. The van der Waals surface area contributed by atoms with E-state index in [2.05, 4.69) is 50.2 Å². The summed E-state index contributed by atoms with van der Waals surface area (Å²) in [5, 5.41) is 0. The van der Waals surface area contributed by atoms with E-state index in [0.717, 1.165) is 9.79 Å². The van der Waals surface area contributed by atoms with Gasteiger partial charge in [-0.2, -0.15) is 0 Å². The lowest BCUT2D eigenvalue weighted by atomic mass is 9.82. The lowest BCUT2D eigenvalue weighted by molar-refractivity contribution is 0.436. The Morgan fingerprint density at radius 2 is 1.04 bits per heavy atom. The molecule has 0 N–H and O–H groups in total. The first-order valence-corrected chi connectivity index (χ1v) is 12.4. The van der Waals surface area contributed by atoms with Crippen LogP contribution in [-0.4, -0.2) is 4.21 Å². The minimum Gasteiger partial charge on any atom is -0.249 e. The van der Waals surface area contributed by atoms with Crippen molar-refractivity contribution in [1.29, 1.82) is 0 Å². The fourth-order valence-electron chi connectivity index (χ4n) is 5.58. The van der Waals surface area contributed by atoms with Crippen LogP contribution < -0.4 is 0 Å². The van der Waals surface area contributed by atoms with E-state index in [0.29, 0.717) is 11.8 Å². The second kappa shape index (κ2) is 8.95. The highest BCUT2D eigenvalue weighted by Gasteiger charge is 2.27. The number of hydrogen-bond acceptors (Lipinski definition) is 1. The highest BCUT2D eigenvalue weighted by Crippen LogP contribution is 2.41. The molecule has 2 aliphatic rings. The molecule has 2 aliphatic carbocycles. The SMILES string of the molecule is Cc1cccc(S(=O)c2cccc(C)c2C2CCCCC2)c1C1CCCCC1. The van der Waals surface area contributed by atoms with Gasteiger partial charge in [0, 0.05) is 9.79 Å². The first kappa shape index (κ1) is 19.9. The third kappa shape index (κ3) is 3.99. The van der Waals surface area contributed by atoms with Gasteiger partial charge in [0.1, 0.15) is 0 Å². The minimum atomic E-state index is -1.09. The molecule has 4 rings (SSSR count). The van der Waals surface area contributed by atoms with Crippen LogP contribution in [0.4, 0.5) is 0 Å². The van der Waals surface area contributed by atoms with Crippen molar-refractivity contribution in [2.75, 3.05) is 0 Å². The maximum absolute atomic E-state index is 14.0. The molecule has 0 radical (unpaired) electrons. The summed E-state index contributed by atoms with van der Waals surface area (Å²) in [4.78, 5) is 2.16. The van der Waals surface area contributed by atoms with Crippen molar-refractivity contribution in [3.63, 3.8) is 0 Å². The molecule has 150 valence electrons. The Morgan fingerprint density at radius 3 is 1.43 bits per heavy atom. The van der Waals surface area contributed by atoms with Crippen LogP contribution in [0.1, 0.15) is 98.3 Å². The largest absolute Gasteiger partial charge is 0.249 e. The zero-order chi connectivity index (χ0) is 19.5. The van der Waals surface area contributed by atoms with E-state index in [-0.39, 0.29) is 0 Å². The standard InChI is InChI=1S/C26H34OS/c1-19-11-9-17-23(25(19)21-13-5-3-6-14-21)28(27)24-18-10-12-20(2)26(24)22-15-7-4-8-16-22/h9-12,17-18,21-22H,3-8,13-16H2,1-2H3. The zero-order valence-electron chi connectivity index (χ0n) is 17.5. The molecule has 2 heteroatoms. The molecule has 2 aromatic rings. The second-order valence-electron chi connectivity index (χ2n) is 8.91. The third-order valence-corrected chi connectivity index (χ3v) is 8.51. The van der Waals surface area contributed by atoms with Crippen molar-refractivity contribution < 1.29 is 4.21 Å². The van der Waals surface area contributed by atoms with Gasteiger partial charge in [-0.05, 0) is 85.8 Å².